The zero-order valence-electron chi connectivity index (χ0n) is 8.23. The number of nitrogens with zero attached hydrogens (tertiary/aromatic N) is 1. The number of aliphatic hydroxyl groups is 1. The number of rotatable bonds is 3. The van der Waals surface area contributed by atoms with Crippen molar-refractivity contribution in [3.8, 4) is 0 Å². The first kappa shape index (κ1) is 12.2. The van der Waals surface area contributed by atoms with Gasteiger partial charge in [-0.2, -0.15) is 0 Å². The third-order valence-electron chi connectivity index (χ3n) is 2.20. The van der Waals surface area contributed by atoms with E-state index < -0.39 is 6.10 Å². The lowest BCUT2D eigenvalue weighted by Gasteiger charge is -2.11. The van der Waals surface area contributed by atoms with Crippen molar-refractivity contribution in [1.82, 2.24) is 4.98 Å². The van der Waals surface area contributed by atoms with Crippen LogP contribution in [0.1, 0.15) is 16.5 Å². The number of halogens is 2. The molecule has 16 heavy (non-hydrogen) atoms. The van der Waals surface area contributed by atoms with Crippen molar-refractivity contribution >= 4 is 43.2 Å². The molecule has 0 amide bonds. The van der Waals surface area contributed by atoms with Gasteiger partial charge >= 0.3 is 0 Å². The van der Waals surface area contributed by atoms with E-state index in [1.165, 1.54) is 0 Å². The van der Waals surface area contributed by atoms with Crippen molar-refractivity contribution in [3.05, 3.63) is 49.3 Å². The van der Waals surface area contributed by atoms with Crippen LogP contribution in [0.5, 0.6) is 0 Å². The molecule has 1 unspecified atom stereocenters. The van der Waals surface area contributed by atoms with Gasteiger partial charge in [0.05, 0.1) is 11.6 Å². The van der Waals surface area contributed by atoms with Crippen molar-refractivity contribution in [2.45, 2.75) is 12.5 Å². The summed E-state index contributed by atoms with van der Waals surface area (Å²) in [6, 6.07) is 5.78. The third-order valence-corrected chi connectivity index (χ3v) is 4.18. The van der Waals surface area contributed by atoms with Gasteiger partial charge in [-0.3, -0.25) is 4.98 Å². The van der Waals surface area contributed by atoms with Crippen molar-refractivity contribution in [2.75, 3.05) is 0 Å². The monoisotopic (exact) mass is 361 g/mol. The van der Waals surface area contributed by atoms with E-state index in [0.717, 1.165) is 19.4 Å². The summed E-state index contributed by atoms with van der Waals surface area (Å²) in [4.78, 5) is 5.08. The molecule has 1 aromatic heterocycles. The predicted molar refractivity (Wildman–Crippen MR) is 72.6 cm³/mol. The van der Waals surface area contributed by atoms with E-state index in [1.807, 2.05) is 18.2 Å². The van der Waals surface area contributed by atoms with E-state index in [2.05, 4.69) is 36.8 Å². The average molecular weight is 363 g/mol. The summed E-state index contributed by atoms with van der Waals surface area (Å²) in [5, 5.41) is 10.1. The molecule has 0 fully saturated rings. The lowest BCUT2D eigenvalue weighted by Crippen LogP contribution is -2.01. The van der Waals surface area contributed by atoms with E-state index in [0.29, 0.717) is 6.42 Å². The Kier molecular flexibility index (Phi) is 4.13. The van der Waals surface area contributed by atoms with Crippen LogP contribution in [0.15, 0.2) is 38.9 Å². The summed E-state index contributed by atoms with van der Waals surface area (Å²) in [6.07, 6.45) is 1.90. The highest BCUT2D eigenvalue weighted by atomic mass is 79.9. The molecule has 1 N–H and O–H groups in total. The largest absolute Gasteiger partial charge is 0.388 e. The smallest absolute Gasteiger partial charge is 0.0849 e. The Morgan fingerprint density at radius 1 is 1.38 bits per heavy atom. The topological polar surface area (TPSA) is 33.1 Å². The van der Waals surface area contributed by atoms with Crippen LogP contribution in [-0.4, -0.2) is 10.1 Å². The molecule has 0 saturated carbocycles. The van der Waals surface area contributed by atoms with Gasteiger partial charge < -0.3 is 5.11 Å². The summed E-state index contributed by atoms with van der Waals surface area (Å²) >= 11 is 8.40. The molecule has 84 valence electrons. The highest BCUT2D eigenvalue weighted by molar-refractivity contribution is 9.11. The summed E-state index contributed by atoms with van der Waals surface area (Å²) in [7, 11) is 0. The summed E-state index contributed by atoms with van der Waals surface area (Å²) < 4.78 is 1.91. The van der Waals surface area contributed by atoms with Gasteiger partial charge in [-0.05, 0) is 17.7 Å². The Morgan fingerprint density at radius 2 is 2.19 bits per heavy atom. The highest BCUT2D eigenvalue weighted by Crippen LogP contribution is 2.29. The lowest BCUT2D eigenvalue weighted by atomic mass is 10.1. The molecule has 1 atom stereocenters. The van der Waals surface area contributed by atoms with Gasteiger partial charge in [-0.15, -0.1) is 11.3 Å². The molecule has 2 nitrogen and oxygen atoms in total. The molecule has 0 saturated heterocycles. The fourth-order valence-electron chi connectivity index (χ4n) is 1.42. The van der Waals surface area contributed by atoms with Gasteiger partial charge in [0.25, 0.3) is 0 Å². The standard InChI is InChI=1S/C11H9Br2NOS/c12-7-1-2-9(10(13)3-7)11(15)4-8-5-14-6-16-8/h1-3,5-6,11,15H,4H2. The molecule has 0 aliphatic carbocycles. The second-order valence-electron chi connectivity index (χ2n) is 3.35. The SMILES string of the molecule is OC(Cc1cncs1)c1ccc(Br)cc1Br. The molecule has 5 heteroatoms. The Hall–Kier alpha value is -0.230. The van der Waals surface area contributed by atoms with Crippen molar-refractivity contribution in [2.24, 2.45) is 0 Å². The van der Waals surface area contributed by atoms with Crippen LogP contribution < -0.4 is 0 Å². The maximum atomic E-state index is 10.1. The van der Waals surface area contributed by atoms with E-state index in [1.54, 1.807) is 23.0 Å². The third kappa shape index (κ3) is 2.91. The Bertz CT molecular complexity index is 473. The average Bonchev–Trinajstić information content (AvgIpc) is 2.70. The minimum atomic E-state index is -0.497. The Morgan fingerprint density at radius 3 is 2.81 bits per heavy atom. The molecule has 2 rings (SSSR count). The van der Waals surface area contributed by atoms with Crippen molar-refractivity contribution in [3.63, 3.8) is 0 Å². The second-order valence-corrected chi connectivity index (χ2v) is 6.09. The predicted octanol–water partition coefficient (Wildman–Crippen LogP) is 3.94. The summed E-state index contributed by atoms with van der Waals surface area (Å²) in [5.41, 5.74) is 2.68. The maximum absolute atomic E-state index is 10.1. The molecule has 1 aromatic carbocycles. The second kappa shape index (κ2) is 5.40. The summed E-state index contributed by atoms with van der Waals surface area (Å²) in [6.45, 7) is 0. The molecular weight excluding hydrogens is 354 g/mol. The maximum Gasteiger partial charge on any atom is 0.0849 e. The van der Waals surface area contributed by atoms with E-state index >= 15 is 0 Å². The van der Waals surface area contributed by atoms with Gasteiger partial charge in [0, 0.05) is 26.4 Å². The molecular formula is C11H9Br2NOS. The number of hydrogen-bond acceptors (Lipinski definition) is 3. The molecule has 2 aromatic rings. The highest BCUT2D eigenvalue weighted by Gasteiger charge is 2.12. The van der Waals surface area contributed by atoms with Crippen LogP contribution in [0.4, 0.5) is 0 Å². The first-order valence-electron chi connectivity index (χ1n) is 4.67. The molecule has 1 heterocycles. The van der Waals surface area contributed by atoms with Crippen molar-refractivity contribution < 1.29 is 5.11 Å². The molecule has 0 spiro atoms. The van der Waals surface area contributed by atoms with Crippen LogP contribution >= 0.6 is 43.2 Å². The first-order valence-corrected chi connectivity index (χ1v) is 7.14. The van der Waals surface area contributed by atoms with Crippen LogP contribution in [-0.2, 0) is 6.42 Å². The fourth-order valence-corrected chi connectivity index (χ4v) is 3.36. The number of hydrogen-bond donors (Lipinski definition) is 1. The van der Waals surface area contributed by atoms with E-state index in [-0.39, 0.29) is 0 Å². The Balaban J connectivity index is 2.17. The normalized spacial score (nSPS) is 12.7. The van der Waals surface area contributed by atoms with Crippen LogP contribution in [0.25, 0.3) is 0 Å². The quantitative estimate of drug-likeness (QED) is 0.896. The zero-order valence-corrected chi connectivity index (χ0v) is 12.2. The van der Waals surface area contributed by atoms with Crippen LogP contribution in [0, 0.1) is 0 Å². The molecule has 0 bridgehead atoms. The van der Waals surface area contributed by atoms with Crippen LogP contribution in [0.3, 0.4) is 0 Å². The minimum Gasteiger partial charge on any atom is -0.388 e. The zero-order chi connectivity index (χ0) is 11.5. The van der Waals surface area contributed by atoms with E-state index in [4.69, 9.17) is 0 Å². The van der Waals surface area contributed by atoms with Gasteiger partial charge in [0.2, 0.25) is 0 Å². The molecule has 0 radical (unpaired) electrons. The number of aromatic nitrogens is 1. The first-order chi connectivity index (χ1) is 7.66. The lowest BCUT2D eigenvalue weighted by molar-refractivity contribution is 0.178. The fraction of sp³-hybridized carbons (Fsp3) is 0.182. The number of benzene rings is 1. The minimum absolute atomic E-state index is 0.497. The number of aliphatic hydroxyl groups excluding tert-OH is 1. The van der Waals surface area contributed by atoms with Gasteiger partial charge in [-0.25, -0.2) is 0 Å². The van der Waals surface area contributed by atoms with Gasteiger partial charge in [-0.1, -0.05) is 37.9 Å². The van der Waals surface area contributed by atoms with Gasteiger partial charge in [0.15, 0.2) is 0 Å². The van der Waals surface area contributed by atoms with Gasteiger partial charge in [0.1, 0.15) is 0 Å². The van der Waals surface area contributed by atoms with Crippen LogP contribution in [0.2, 0.25) is 0 Å². The molecule has 0 aliphatic heterocycles. The number of thiazole rings is 1. The van der Waals surface area contributed by atoms with E-state index in [9.17, 15) is 5.11 Å². The Labute approximate surface area is 115 Å². The summed E-state index contributed by atoms with van der Waals surface area (Å²) in [5.74, 6) is 0. The van der Waals surface area contributed by atoms with Crippen molar-refractivity contribution in [1.29, 1.82) is 0 Å². The molecule has 0 aliphatic rings.